The average molecular weight is 556 g/mol. The van der Waals surface area contributed by atoms with Gasteiger partial charge in [0.05, 0.1) is 12.1 Å². The largest absolute Gasteiger partial charge is 0.347 e. The molecule has 0 aromatic rings. The van der Waals surface area contributed by atoms with E-state index in [2.05, 4.69) is 10.6 Å². The van der Waals surface area contributed by atoms with E-state index in [4.69, 9.17) is 0 Å². The standard InChI is InChI=1S/C25H41N5O5S2/c1-13(2)17(21(32)28(7)8)26-24(35)27-18(14(3)4)22(33)29-10-9-16-19(29)25(36-11-12-37-25)23(34)30(16)20(31)15(5)6/h13-19H,9-12H2,1-8H3,(H2,26,27,35)/t16-,17-,18-,19-/m0/s1. The second kappa shape index (κ2) is 11.4. The van der Waals surface area contributed by atoms with Crippen molar-refractivity contribution in [3.05, 3.63) is 0 Å². The molecule has 4 atom stereocenters. The van der Waals surface area contributed by atoms with Crippen molar-refractivity contribution >= 4 is 53.2 Å². The van der Waals surface area contributed by atoms with Gasteiger partial charge >= 0.3 is 6.03 Å². The highest BCUT2D eigenvalue weighted by Gasteiger charge is 2.67. The highest BCUT2D eigenvalue weighted by Crippen LogP contribution is 2.56. The lowest BCUT2D eigenvalue weighted by atomic mass is 10.0. The summed E-state index contributed by atoms with van der Waals surface area (Å²) >= 11 is 3.05. The number of carbonyl (C=O) groups excluding carboxylic acids is 5. The van der Waals surface area contributed by atoms with Gasteiger partial charge in [-0.2, -0.15) is 0 Å². The van der Waals surface area contributed by atoms with Gasteiger partial charge < -0.3 is 20.4 Å². The van der Waals surface area contributed by atoms with E-state index in [0.717, 1.165) is 11.5 Å². The van der Waals surface area contributed by atoms with E-state index in [-0.39, 0.29) is 47.4 Å². The zero-order chi connectivity index (χ0) is 27.8. The Morgan fingerprint density at radius 3 is 1.95 bits per heavy atom. The predicted octanol–water partition coefficient (Wildman–Crippen LogP) is 1.59. The fraction of sp³-hybridized carbons (Fsp3) is 0.800. The molecule has 6 amide bonds. The summed E-state index contributed by atoms with van der Waals surface area (Å²) in [5.41, 5.74) is 0. The number of rotatable bonds is 7. The van der Waals surface area contributed by atoms with Crippen molar-refractivity contribution in [1.82, 2.24) is 25.3 Å². The van der Waals surface area contributed by atoms with Gasteiger partial charge in [0.1, 0.15) is 12.1 Å². The molecule has 1 spiro atoms. The number of thioether (sulfide) groups is 2. The minimum absolute atomic E-state index is 0.140. The lowest BCUT2D eigenvalue weighted by Gasteiger charge is -2.36. The van der Waals surface area contributed by atoms with Crippen molar-refractivity contribution in [3.63, 3.8) is 0 Å². The monoisotopic (exact) mass is 555 g/mol. The molecule has 0 aromatic heterocycles. The minimum atomic E-state index is -0.897. The molecular formula is C25H41N5O5S2. The van der Waals surface area contributed by atoms with Crippen LogP contribution in [-0.2, 0) is 19.2 Å². The maximum atomic E-state index is 14.0. The minimum Gasteiger partial charge on any atom is -0.347 e. The summed E-state index contributed by atoms with van der Waals surface area (Å²) in [6.07, 6.45) is 0.521. The van der Waals surface area contributed by atoms with Crippen LogP contribution >= 0.6 is 23.5 Å². The van der Waals surface area contributed by atoms with E-state index >= 15 is 0 Å². The summed E-state index contributed by atoms with van der Waals surface area (Å²) in [7, 11) is 3.26. The normalized spacial score (nSPS) is 24.1. The van der Waals surface area contributed by atoms with Crippen LogP contribution in [0.4, 0.5) is 4.79 Å². The van der Waals surface area contributed by atoms with E-state index in [1.54, 1.807) is 32.8 Å². The van der Waals surface area contributed by atoms with Gasteiger partial charge in [-0.3, -0.25) is 24.1 Å². The van der Waals surface area contributed by atoms with E-state index in [1.807, 2.05) is 27.7 Å². The number of urea groups is 1. The zero-order valence-corrected chi connectivity index (χ0v) is 24.7. The van der Waals surface area contributed by atoms with Crippen LogP contribution in [0, 0.1) is 17.8 Å². The molecule has 10 nitrogen and oxygen atoms in total. The van der Waals surface area contributed by atoms with E-state index in [1.165, 1.54) is 33.3 Å². The summed E-state index contributed by atoms with van der Waals surface area (Å²) in [5, 5.41) is 5.54. The van der Waals surface area contributed by atoms with E-state index < -0.39 is 28.2 Å². The first kappa shape index (κ1) is 29.6. The van der Waals surface area contributed by atoms with Crippen molar-refractivity contribution in [2.45, 2.75) is 76.2 Å². The predicted molar refractivity (Wildman–Crippen MR) is 146 cm³/mol. The number of nitrogens with zero attached hydrogens (tertiary/aromatic N) is 3. The number of hydrogen-bond donors (Lipinski definition) is 2. The zero-order valence-electron chi connectivity index (χ0n) is 23.1. The number of likely N-dealkylation sites (tertiary alicyclic amines) is 2. The Bertz CT molecular complexity index is 934. The first-order chi connectivity index (χ1) is 17.2. The molecule has 0 aliphatic carbocycles. The van der Waals surface area contributed by atoms with Gasteiger partial charge in [-0.05, 0) is 18.3 Å². The van der Waals surface area contributed by atoms with Crippen molar-refractivity contribution < 1.29 is 24.0 Å². The Kier molecular flexibility index (Phi) is 9.14. The summed E-state index contributed by atoms with van der Waals surface area (Å²) in [4.78, 5) is 70.8. The summed E-state index contributed by atoms with van der Waals surface area (Å²) in [6.45, 7) is 11.4. The van der Waals surface area contributed by atoms with Gasteiger partial charge in [-0.15, -0.1) is 23.5 Å². The smallest absolute Gasteiger partial charge is 0.316 e. The Hall–Kier alpha value is -1.95. The third kappa shape index (κ3) is 5.46. The second-order valence-corrected chi connectivity index (χ2v) is 14.1. The van der Waals surface area contributed by atoms with Crippen LogP contribution in [0.2, 0.25) is 0 Å². The summed E-state index contributed by atoms with van der Waals surface area (Å²) in [6, 6.07) is -2.98. The number of hydrogen-bond acceptors (Lipinski definition) is 7. The maximum absolute atomic E-state index is 14.0. The van der Waals surface area contributed by atoms with Crippen LogP contribution < -0.4 is 10.6 Å². The first-order valence-electron chi connectivity index (χ1n) is 13.0. The van der Waals surface area contributed by atoms with Gasteiger partial charge in [0.15, 0.2) is 4.08 Å². The van der Waals surface area contributed by atoms with Crippen LogP contribution in [0.25, 0.3) is 0 Å². The molecule has 0 unspecified atom stereocenters. The molecule has 3 saturated heterocycles. The molecule has 208 valence electrons. The Morgan fingerprint density at radius 2 is 1.46 bits per heavy atom. The van der Waals surface area contributed by atoms with Crippen LogP contribution in [0.15, 0.2) is 0 Å². The third-order valence-corrected chi connectivity index (χ3v) is 10.7. The van der Waals surface area contributed by atoms with Gasteiger partial charge in [0.25, 0.3) is 5.91 Å². The quantitative estimate of drug-likeness (QED) is 0.490. The van der Waals surface area contributed by atoms with Gasteiger partial charge in [-0.1, -0.05) is 41.5 Å². The van der Waals surface area contributed by atoms with E-state index in [9.17, 15) is 24.0 Å². The second-order valence-electron chi connectivity index (χ2n) is 11.2. The number of imide groups is 1. The molecule has 12 heteroatoms. The number of carbonyl (C=O) groups is 5. The molecular weight excluding hydrogens is 514 g/mol. The summed E-state index contributed by atoms with van der Waals surface area (Å²) in [5.74, 6) is -0.0564. The third-order valence-electron chi connectivity index (χ3n) is 7.21. The topological polar surface area (TPSA) is 119 Å². The Labute approximate surface area is 228 Å². The number of amides is 6. The van der Waals surface area contributed by atoms with Crippen LogP contribution in [0.5, 0.6) is 0 Å². The van der Waals surface area contributed by atoms with Crippen LogP contribution in [0.3, 0.4) is 0 Å². The molecule has 3 aliphatic rings. The molecule has 0 saturated carbocycles. The highest BCUT2D eigenvalue weighted by molar-refractivity contribution is 8.22. The summed E-state index contributed by atoms with van der Waals surface area (Å²) < 4.78 is -0.897. The van der Waals surface area contributed by atoms with Crippen molar-refractivity contribution in [2.75, 3.05) is 32.1 Å². The molecule has 0 radical (unpaired) electrons. The molecule has 0 aromatic carbocycles. The SMILES string of the molecule is CC(C)C(=O)N1C(=O)C2(SCCS2)[C@@H]2[C@@H]1CCN2C(=O)[C@@H](NC(=O)N[C@H](C(=O)N(C)C)C(C)C)C(C)C. The van der Waals surface area contributed by atoms with Crippen molar-refractivity contribution in [3.8, 4) is 0 Å². The lowest BCUT2D eigenvalue weighted by Crippen LogP contribution is -2.60. The lowest BCUT2D eigenvalue weighted by molar-refractivity contribution is -0.146. The van der Waals surface area contributed by atoms with Gasteiger partial charge in [0.2, 0.25) is 17.7 Å². The van der Waals surface area contributed by atoms with Crippen LogP contribution in [0.1, 0.15) is 48.0 Å². The molecule has 3 fully saturated rings. The maximum Gasteiger partial charge on any atom is 0.316 e. The Balaban J connectivity index is 1.84. The molecule has 3 aliphatic heterocycles. The molecule has 0 bridgehead atoms. The number of nitrogens with one attached hydrogen (secondary N) is 2. The van der Waals surface area contributed by atoms with Gasteiger partial charge in [-0.25, -0.2) is 4.79 Å². The van der Waals surface area contributed by atoms with Crippen LogP contribution in [-0.4, -0.2) is 105 Å². The average Bonchev–Trinajstić information content (AvgIpc) is 3.52. The molecule has 3 heterocycles. The molecule has 2 N–H and O–H groups in total. The van der Waals surface area contributed by atoms with Gasteiger partial charge in [0, 0.05) is 38.1 Å². The molecule has 3 rings (SSSR count). The highest BCUT2D eigenvalue weighted by atomic mass is 32.2. The number of fused-ring (bicyclic) bond motifs is 2. The molecule has 37 heavy (non-hydrogen) atoms. The first-order valence-corrected chi connectivity index (χ1v) is 15.0. The fourth-order valence-corrected chi connectivity index (χ4v) is 8.73. The Morgan fingerprint density at radius 1 is 0.919 bits per heavy atom. The van der Waals surface area contributed by atoms with Crippen molar-refractivity contribution in [1.29, 1.82) is 0 Å². The van der Waals surface area contributed by atoms with Crippen molar-refractivity contribution in [2.24, 2.45) is 17.8 Å². The fourth-order valence-electron chi connectivity index (χ4n) is 5.27. The number of likely N-dealkylation sites (N-methyl/N-ethyl adjacent to an activating group) is 1. The van der Waals surface area contributed by atoms with E-state index in [0.29, 0.717) is 13.0 Å².